The molecule has 0 spiro atoms. The van der Waals surface area contributed by atoms with E-state index in [9.17, 15) is 0 Å². The van der Waals surface area contributed by atoms with Gasteiger partial charge in [0.05, 0.1) is 27.9 Å². The van der Waals surface area contributed by atoms with Gasteiger partial charge in [0, 0.05) is 13.6 Å². The first kappa shape index (κ1) is 20.2. The van der Waals surface area contributed by atoms with E-state index in [1.807, 2.05) is 24.9 Å². The van der Waals surface area contributed by atoms with E-state index in [0.717, 1.165) is 53.8 Å². The highest BCUT2D eigenvalue weighted by atomic mass is 79.9. The molecule has 0 atom stereocenters. The molecule has 2 rings (SSSR count). The first-order chi connectivity index (χ1) is 12.5. The molecule has 1 saturated carbocycles. The van der Waals surface area contributed by atoms with Crippen LogP contribution in [-0.4, -0.2) is 48.2 Å². The number of oxime groups is 1. The molecule has 7 heteroatoms. The number of aromatic nitrogens is 1. The van der Waals surface area contributed by atoms with Crippen molar-refractivity contribution in [3.05, 3.63) is 16.2 Å². The second kappa shape index (κ2) is 10.2. The third-order valence-corrected chi connectivity index (χ3v) is 4.70. The Balaban J connectivity index is 1.96. The zero-order chi connectivity index (χ0) is 18.9. The molecule has 1 aromatic rings. The summed E-state index contributed by atoms with van der Waals surface area (Å²) in [5, 5.41) is 4.07. The Morgan fingerprint density at radius 3 is 2.85 bits per heavy atom. The third-order valence-electron chi connectivity index (χ3n) is 4.13. The lowest BCUT2D eigenvalue weighted by molar-refractivity contribution is 0.158. The van der Waals surface area contributed by atoms with E-state index in [0.29, 0.717) is 5.88 Å². The number of hydrogen-bond donors (Lipinski definition) is 0. The summed E-state index contributed by atoms with van der Waals surface area (Å²) in [4.78, 5) is 16.1. The summed E-state index contributed by atoms with van der Waals surface area (Å²) in [5.74, 6) is 3.01. The van der Waals surface area contributed by atoms with Gasteiger partial charge in [0.2, 0.25) is 5.88 Å². The molecule has 26 heavy (non-hydrogen) atoms. The molecule has 0 aromatic carbocycles. The molecule has 1 fully saturated rings. The SMILES string of the molecule is C#CCON=C1CCC(Oc2nc(C)c(/N=C/N(C)CC)cc2Br)CC1. The molecule has 1 aliphatic carbocycles. The van der Waals surface area contributed by atoms with Gasteiger partial charge in [-0.25, -0.2) is 9.98 Å². The van der Waals surface area contributed by atoms with Crippen LogP contribution in [-0.2, 0) is 4.84 Å². The molecule has 1 aromatic heterocycles. The van der Waals surface area contributed by atoms with Crippen molar-refractivity contribution in [2.45, 2.75) is 45.6 Å². The standard InChI is InChI=1S/C19H25BrN4O2/c1-5-11-25-23-15-7-9-16(10-8-15)26-19-17(20)12-18(14(3)22-19)21-13-24(4)6-2/h1,12-13,16H,6-11H2,2-4H3/b21-13+,23-15?. The van der Waals surface area contributed by atoms with Crippen molar-refractivity contribution in [1.82, 2.24) is 9.88 Å². The first-order valence-corrected chi connectivity index (χ1v) is 9.52. The summed E-state index contributed by atoms with van der Waals surface area (Å²) in [5.41, 5.74) is 2.70. The van der Waals surface area contributed by atoms with E-state index in [1.54, 1.807) is 6.34 Å². The normalized spacial score (nSPS) is 17.0. The highest BCUT2D eigenvalue weighted by Crippen LogP contribution is 2.32. The van der Waals surface area contributed by atoms with Gasteiger partial charge < -0.3 is 14.5 Å². The second-order valence-electron chi connectivity index (χ2n) is 6.15. The van der Waals surface area contributed by atoms with E-state index in [2.05, 4.69) is 43.9 Å². The van der Waals surface area contributed by atoms with Crippen molar-refractivity contribution in [2.75, 3.05) is 20.2 Å². The Morgan fingerprint density at radius 1 is 1.46 bits per heavy atom. The second-order valence-corrected chi connectivity index (χ2v) is 7.00. The summed E-state index contributed by atoms with van der Waals surface area (Å²) in [6, 6.07) is 1.95. The van der Waals surface area contributed by atoms with Gasteiger partial charge >= 0.3 is 0 Å². The van der Waals surface area contributed by atoms with Crippen LogP contribution in [0.25, 0.3) is 0 Å². The maximum atomic E-state index is 6.09. The van der Waals surface area contributed by atoms with E-state index < -0.39 is 0 Å². The third kappa shape index (κ3) is 6.03. The van der Waals surface area contributed by atoms with Crippen LogP contribution in [0.15, 0.2) is 20.7 Å². The molecular formula is C19H25BrN4O2. The number of pyridine rings is 1. The number of terminal acetylenes is 1. The molecule has 1 aliphatic rings. The molecule has 0 unspecified atom stereocenters. The summed E-state index contributed by atoms with van der Waals surface area (Å²) in [6.45, 7) is 5.12. The van der Waals surface area contributed by atoms with E-state index in [4.69, 9.17) is 16.0 Å². The highest BCUT2D eigenvalue weighted by Gasteiger charge is 2.21. The lowest BCUT2D eigenvalue weighted by atomic mass is 9.96. The van der Waals surface area contributed by atoms with Crippen LogP contribution in [0.2, 0.25) is 0 Å². The number of halogens is 1. The maximum Gasteiger partial charge on any atom is 0.228 e. The Morgan fingerprint density at radius 2 is 2.19 bits per heavy atom. The fourth-order valence-electron chi connectivity index (χ4n) is 2.46. The van der Waals surface area contributed by atoms with Gasteiger partial charge in [-0.3, -0.25) is 0 Å². The van der Waals surface area contributed by atoms with Crippen molar-refractivity contribution in [3.8, 4) is 18.2 Å². The van der Waals surface area contributed by atoms with Crippen LogP contribution >= 0.6 is 15.9 Å². The number of hydrogen-bond acceptors (Lipinski definition) is 5. The minimum Gasteiger partial charge on any atom is -0.474 e. The van der Waals surface area contributed by atoms with Gasteiger partial charge in [-0.2, -0.15) is 0 Å². The highest BCUT2D eigenvalue weighted by molar-refractivity contribution is 9.10. The fraction of sp³-hybridized carbons (Fsp3) is 0.526. The van der Waals surface area contributed by atoms with Crippen LogP contribution in [0.3, 0.4) is 0 Å². The van der Waals surface area contributed by atoms with E-state index in [1.165, 1.54) is 0 Å². The zero-order valence-corrected chi connectivity index (χ0v) is 17.1. The number of aliphatic imine (C=N–C) groups is 1. The summed E-state index contributed by atoms with van der Waals surface area (Å²) >= 11 is 3.55. The number of nitrogens with zero attached hydrogens (tertiary/aromatic N) is 4. The van der Waals surface area contributed by atoms with Crippen LogP contribution in [0, 0.1) is 19.3 Å². The van der Waals surface area contributed by atoms with Crippen molar-refractivity contribution >= 4 is 33.7 Å². The lowest BCUT2D eigenvalue weighted by Crippen LogP contribution is -2.25. The predicted molar refractivity (Wildman–Crippen MR) is 108 cm³/mol. The Labute approximate surface area is 163 Å². The van der Waals surface area contributed by atoms with Crippen molar-refractivity contribution in [1.29, 1.82) is 0 Å². The van der Waals surface area contributed by atoms with Crippen molar-refractivity contribution in [3.63, 3.8) is 0 Å². The molecular weight excluding hydrogens is 396 g/mol. The van der Waals surface area contributed by atoms with Gasteiger partial charge in [-0.15, -0.1) is 6.42 Å². The molecule has 6 nitrogen and oxygen atoms in total. The maximum absolute atomic E-state index is 6.09. The molecule has 0 saturated heterocycles. The molecule has 1 heterocycles. The molecule has 0 amide bonds. The largest absolute Gasteiger partial charge is 0.474 e. The summed E-state index contributed by atoms with van der Waals surface area (Å²) in [7, 11) is 1.98. The minimum atomic E-state index is 0.116. The minimum absolute atomic E-state index is 0.116. The Kier molecular flexibility index (Phi) is 7.92. The Bertz CT molecular complexity index is 702. The van der Waals surface area contributed by atoms with Gasteiger partial charge in [0.15, 0.2) is 6.61 Å². The number of rotatable bonds is 7. The van der Waals surface area contributed by atoms with Crippen molar-refractivity contribution < 1.29 is 9.57 Å². The fourth-order valence-corrected chi connectivity index (χ4v) is 2.86. The zero-order valence-electron chi connectivity index (χ0n) is 15.5. The molecule has 0 aliphatic heterocycles. The quantitative estimate of drug-likeness (QED) is 0.219. The van der Waals surface area contributed by atoms with Gasteiger partial charge in [0.1, 0.15) is 6.10 Å². The average molecular weight is 421 g/mol. The molecule has 0 N–H and O–H groups in total. The van der Waals surface area contributed by atoms with Crippen LogP contribution < -0.4 is 4.74 Å². The molecule has 140 valence electrons. The first-order valence-electron chi connectivity index (χ1n) is 8.72. The monoisotopic (exact) mass is 420 g/mol. The topological polar surface area (TPSA) is 59.3 Å². The predicted octanol–water partition coefficient (Wildman–Crippen LogP) is 4.09. The van der Waals surface area contributed by atoms with Crippen LogP contribution in [0.5, 0.6) is 5.88 Å². The number of aryl methyl sites for hydroxylation is 1. The smallest absolute Gasteiger partial charge is 0.228 e. The summed E-state index contributed by atoms with van der Waals surface area (Å²) in [6.07, 6.45) is 10.5. The van der Waals surface area contributed by atoms with Gasteiger partial charge in [0.25, 0.3) is 0 Å². The van der Waals surface area contributed by atoms with E-state index >= 15 is 0 Å². The summed E-state index contributed by atoms with van der Waals surface area (Å²) < 4.78 is 6.91. The van der Waals surface area contributed by atoms with Crippen LogP contribution in [0.4, 0.5) is 5.69 Å². The van der Waals surface area contributed by atoms with Crippen LogP contribution in [0.1, 0.15) is 38.3 Å². The van der Waals surface area contributed by atoms with Crippen molar-refractivity contribution in [2.24, 2.45) is 10.1 Å². The molecule has 0 radical (unpaired) electrons. The van der Waals surface area contributed by atoms with E-state index in [-0.39, 0.29) is 12.7 Å². The van der Waals surface area contributed by atoms with Gasteiger partial charge in [-0.1, -0.05) is 11.1 Å². The number of ether oxygens (including phenoxy) is 1. The Hall–Kier alpha value is -2.07. The average Bonchev–Trinajstić information content (AvgIpc) is 2.64. The lowest BCUT2D eigenvalue weighted by Gasteiger charge is -2.24. The van der Waals surface area contributed by atoms with Gasteiger partial charge in [-0.05, 0) is 61.5 Å². The molecule has 0 bridgehead atoms.